The minimum absolute atomic E-state index is 0.201. The molecule has 0 spiro atoms. The number of hydrogen-bond donors (Lipinski definition) is 1. The number of carbonyl (C=O) groups excluding carboxylic acids is 1. The summed E-state index contributed by atoms with van der Waals surface area (Å²) in [6, 6.07) is 9.78. The number of benzene rings is 1. The van der Waals surface area contributed by atoms with E-state index in [1.807, 2.05) is 35.2 Å². The first-order chi connectivity index (χ1) is 10.7. The monoisotopic (exact) mass is 305 g/mol. The highest BCUT2D eigenvalue weighted by molar-refractivity contribution is 5.68. The minimum atomic E-state index is -0.201. The molecule has 2 N–H and O–H groups in total. The Hall–Kier alpha value is -1.59. The lowest BCUT2D eigenvalue weighted by Gasteiger charge is -2.23. The van der Waals surface area contributed by atoms with Gasteiger partial charge in [-0.3, -0.25) is 0 Å². The summed E-state index contributed by atoms with van der Waals surface area (Å²) in [7, 11) is 0. The van der Waals surface area contributed by atoms with E-state index in [0.29, 0.717) is 19.1 Å². The third-order valence-electron chi connectivity index (χ3n) is 4.16. The number of hydrogen-bond acceptors (Lipinski definition) is 4. The first kappa shape index (κ1) is 16.8. The number of amides is 1. The molecule has 1 unspecified atom stereocenters. The van der Waals surface area contributed by atoms with Gasteiger partial charge in [0.2, 0.25) is 0 Å². The molecule has 5 nitrogen and oxygen atoms in total. The molecule has 0 bridgehead atoms. The van der Waals surface area contributed by atoms with Gasteiger partial charge in [0.05, 0.1) is 0 Å². The standard InChI is InChI=1S/C17H27N3O2/c1-2-19(11-9-18)12-16-8-10-20(13-16)17(21)22-14-15-6-4-3-5-7-15/h3-7,16H,2,8-14,18H2,1H3. The molecule has 5 heteroatoms. The second-order valence-corrected chi connectivity index (χ2v) is 5.82. The molecule has 2 rings (SSSR count). The second-order valence-electron chi connectivity index (χ2n) is 5.82. The van der Waals surface area contributed by atoms with Crippen molar-refractivity contribution in [3.8, 4) is 0 Å². The zero-order chi connectivity index (χ0) is 15.8. The van der Waals surface area contributed by atoms with Crippen LogP contribution in [0.1, 0.15) is 18.9 Å². The number of carbonyl (C=O) groups is 1. The minimum Gasteiger partial charge on any atom is -0.445 e. The van der Waals surface area contributed by atoms with Crippen LogP contribution in [0, 0.1) is 5.92 Å². The smallest absolute Gasteiger partial charge is 0.410 e. The Balaban J connectivity index is 1.73. The summed E-state index contributed by atoms with van der Waals surface area (Å²) in [5.74, 6) is 0.524. The number of ether oxygens (including phenoxy) is 1. The van der Waals surface area contributed by atoms with Crippen LogP contribution in [0.5, 0.6) is 0 Å². The molecule has 22 heavy (non-hydrogen) atoms. The summed E-state index contributed by atoms with van der Waals surface area (Å²) >= 11 is 0. The van der Waals surface area contributed by atoms with Crippen LogP contribution in [0.2, 0.25) is 0 Å². The van der Waals surface area contributed by atoms with Crippen molar-refractivity contribution in [3.05, 3.63) is 35.9 Å². The van der Waals surface area contributed by atoms with E-state index in [9.17, 15) is 4.79 Å². The molecule has 1 aliphatic heterocycles. The second kappa shape index (κ2) is 8.76. The predicted octanol–water partition coefficient (Wildman–Crippen LogP) is 1.93. The van der Waals surface area contributed by atoms with Gasteiger partial charge in [0, 0.05) is 32.7 Å². The molecule has 1 atom stereocenters. The van der Waals surface area contributed by atoms with Gasteiger partial charge in [0.1, 0.15) is 6.61 Å². The third-order valence-corrected chi connectivity index (χ3v) is 4.16. The fraction of sp³-hybridized carbons (Fsp3) is 0.588. The molecule has 0 radical (unpaired) electrons. The largest absolute Gasteiger partial charge is 0.445 e. The van der Waals surface area contributed by atoms with Crippen LogP contribution in [0.3, 0.4) is 0 Å². The lowest BCUT2D eigenvalue weighted by Crippen LogP contribution is -2.35. The molecule has 1 aromatic rings. The van der Waals surface area contributed by atoms with Crippen molar-refractivity contribution in [2.24, 2.45) is 11.7 Å². The maximum atomic E-state index is 12.1. The van der Waals surface area contributed by atoms with Crippen LogP contribution in [0.25, 0.3) is 0 Å². The van der Waals surface area contributed by atoms with Gasteiger partial charge in [-0.15, -0.1) is 0 Å². The van der Waals surface area contributed by atoms with Crippen LogP contribution in [0.15, 0.2) is 30.3 Å². The maximum absolute atomic E-state index is 12.1. The predicted molar refractivity (Wildman–Crippen MR) is 87.5 cm³/mol. The highest BCUT2D eigenvalue weighted by atomic mass is 16.6. The van der Waals surface area contributed by atoms with Gasteiger partial charge < -0.3 is 20.3 Å². The van der Waals surface area contributed by atoms with Crippen molar-refractivity contribution in [2.45, 2.75) is 20.0 Å². The summed E-state index contributed by atoms with van der Waals surface area (Å²) in [5.41, 5.74) is 6.64. The van der Waals surface area contributed by atoms with E-state index in [-0.39, 0.29) is 6.09 Å². The molecule has 1 aromatic carbocycles. The summed E-state index contributed by atoms with van der Waals surface area (Å²) in [4.78, 5) is 16.3. The van der Waals surface area contributed by atoms with Gasteiger partial charge >= 0.3 is 6.09 Å². The highest BCUT2D eigenvalue weighted by Gasteiger charge is 2.28. The Labute approximate surface area is 133 Å². The van der Waals surface area contributed by atoms with Crippen molar-refractivity contribution < 1.29 is 9.53 Å². The SMILES string of the molecule is CCN(CCN)CC1CCN(C(=O)OCc2ccccc2)C1. The number of rotatable bonds is 7. The Morgan fingerprint density at radius 3 is 2.86 bits per heavy atom. The fourth-order valence-electron chi connectivity index (χ4n) is 2.88. The van der Waals surface area contributed by atoms with E-state index in [4.69, 9.17) is 10.5 Å². The Bertz CT molecular complexity index is 452. The van der Waals surface area contributed by atoms with Gasteiger partial charge in [-0.05, 0) is 24.4 Å². The number of likely N-dealkylation sites (N-methyl/N-ethyl adjacent to an activating group) is 1. The van der Waals surface area contributed by atoms with E-state index >= 15 is 0 Å². The molecule has 0 saturated carbocycles. The van der Waals surface area contributed by atoms with E-state index < -0.39 is 0 Å². The zero-order valence-corrected chi connectivity index (χ0v) is 13.4. The molecule has 1 amide bonds. The summed E-state index contributed by atoms with van der Waals surface area (Å²) < 4.78 is 5.39. The van der Waals surface area contributed by atoms with Crippen LogP contribution in [0.4, 0.5) is 4.79 Å². The van der Waals surface area contributed by atoms with Crippen LogP contribution < -0.4 is 5.73 Å². The van der Waals surface area contributed by atoms with Crippen molar-refractivity contribution >= 4 is 6.09 Å². The van der Waals surface area contributed by atoms with Crippen LogP contribution >= 0.6 is 0 Å². The van der Waals surface area contributed by atoms with Crippen molar-refractivity contribution in [1.29, 1.82) is 0 Å². The Kier molecular flexibility index (Phi) is 6.68. The molecule has 0 aliphatic carbocycles. The quantitative estimate of drug-likeness (QED) is 0.836. The van der Waals surface area contributed by atoms with Gasteiger partial charge in [-0.25, -0.2) is 4.79 Å². The van der Waals surface area contributed by atoms with Gasteiger partial charge in [0.15, 0.2) is 0 Å². The van der Waals surface area contributed by atoms with Gasteiger partial charge in [-0.2, -0.15) is 0 Å². The molecule has 0 aromatic heterocycles. The van der Waals surface area contributed by atoms with Crippen molar-refractivity contribution in [2.75, 3.05) is 39.3 Å². The topological polar surface area (TPSA) is 58.8 Å². The van der Waals surface area contributed by atoms with Crippen molar-refractivity contribution in [1.82, 2.24) is 9.80 Å². The molecule has 1 saturated heterocycles. The maximum Gasteiger partial charge on any atom is 0.410 e. The lowest BCUT2D eigenvalue weighted by atomic mass is 10.1. The third kappa shape index (κ3) is 5.00. The Morgan fingerprint density at radius 2 is 2.18 bits per heavy atom. The lowest BCUT2D eigenvalue weighted by molar-refractivity contribution is 0.102. The normalized spacial score (nSPS) is 18.0. The van der Waals surface area contributed by atoms with Crippen molar-refractivity contribution in [3.63, 3.8) is 0 Å². The molecule has 1 aliphatic rings. The Morgan fingerprint density at radius 1 is 1.41 bits per heavy atom. The zero-order valence-electron chi connectivity index (χ0n) is 13.4. The summed E-state index contributed by atoms with van der Waals surface area (Å²) in [6.07, 6.45) is 0.842. The fourth-order valence-corrected chi connectivity index (χ4v) is 2.88. The first-order valence-corrected chi connectivity index (χ1v) is 8.11. The number of nitrogens with zero attached hydrogens (tertiary/aromatic N) is 2. The first-order valence-electron chi connectivity index (χ1n) is 8.11. The van der Waals surface area contributed by atoms with E-state index in [0.717, 1.165) is 44.7 Å². The molecular weight excluding hydrogens is 278 g/mol. The summed E-state index contributed by atoms with van der Waals surface area (Å²) in [5, 5.41) is 0. The van der Waals surface area contributed by atoms with Gasteiger partial charge in [0.25, 0.3) is 0 Å². The summed E-state index contributed by atoms with van der Waals surface area (Å²) in [6.45, 7) is 7.69. The van der Waals surface area contributed by atoms with E-state index in [1.165, 1.54) is 0 Å². The van der Waals surface area contributed by atoms with Crippen LogP contribution in [-0.2, 0) is 11.3 Å². The molecular formula is C17H27N3O2. The van der Waals surface area contributed by atoms with Gasteiger partial charge in [-0.1, -0.05) is 37.3 Å². The molecule has 1 fully saturated rings. The molecule has 1 heterocycles. The number of nitrogens with two attached hydrogens (primary N) is 1. The average molecular weight is 305 g/mol. The van der Waals surface area contributed by atoms with Crippen LogP contribution in [-0.4, -0.2) is 55.2 Å². The van der Waals surface area contributed by atoms with E-state index in [2.05, 4.69) is 11.8 Å². The highest BCUT2D eigenvalue weighted by Crippen LogP contribution is 2.18. The van der Waals surface area contributed by atoms with E-state index in [1.54, 1.807) is 0 Å². The molecule has 122 valence electrons. The number of likely N-dealkylation sites (tertiary alicyclic amines) is 1. The average Bonchev–Trinajstić information content (AvgIpc) is 3.02.